The average Bonchev–Trinajstić information content (AvgIpc) is 3.35. The lowest BCUT2D eigenvalue weighted by molar-refractivity contribution is -0.357. The van der Waals surface area contributed by atoms with Crippen LogP contribution in [-0.4, -0.2) is 205 Å². The molecule has 2 aromatic rings. The van der Waals surface area contributed by atoms with Crippen LogP contribution in [0.4, 0.5) is 0 Å². The Balaban J connectivity index is 1.28. The van der Waals surface area contributed by atoms with Crippen LogP contribution in [0.5, 0.6) is 23.0 Å². The van der Waals surface area contributed by atoms with Gasteiger partial charge in [0.25, 0.3) is 0 Å². The van der Waals surface area contributed by atoms with Gasteiger partial charge in [-0.3, -0.25) is 4.79 Å². The summed E-state index contributed by atoms with van der Waals surface area (Å²) in [6.45, 7) is 1.02. The van der Waals surface area contributed by atoms with E-state index < -0.39 is 159 Å². The molecule has 4 heterocycles. The van der Waals surface area contributed by atoms with Crippen molar-refractivity contribution in [3.63, 3.8) is 0 Å². The lowest BCUT2D eigenvalue weighted by Gasteiger charge is -2.46. The number of phenolic OH excluding ortho intramolecular Hbond substituents is 4. The molecule has 0 saturated carbocycles. The SMILES string of the molecule is CC=C1C(OC2OC(CO)C(O)C(O)C2O)OC=C(C(=O)OC)C1CC(=O)OCC1OC(OCCc2ccc(O)c(O)c2)C(O)C(OC2OC(C)C(O)C(O)C2O)C1OC(=O)C=Cc1ccc(O)c(O)c1. The second-order valence-corrected chi connectivity index (χ2v) is 16.8. The molecule has 71 heavy (non-hydrogen) atoms. The summed E-state index contributed by atoms with van der Waals surface area (Å²) in [7, 11) is 1.07. The Morgan fingerprint density at radius 3 is 2.01 bits per heavy atom. The predicted molar refractivity (Wildman–Crippen MR) is 233 cm³/mol. The molecule has 0 amide bonds. The van der Waals surface area contributed by atoms with Crippen molar-refractivity contribution in [1.29, 1.82) is 0 Å². The summed E-state index contributed by atoms with van der Waals surface area (Å²) in [5.41, 5.74) is 0.566. The Hall–Kier alpha value is -5.49. The zero-order chi connectivity index (χ0) is 51.8. The van der Waals surface area contributed by atoms with Crippen molar-refractivity contribution in [3.8, 4) is 23.0 Å². The molecule has 4 aliphatic rings. The number of phenols is 4. The van der Waals surface area contributed by atoms with Crippen LogP contribution in [0, 0.1) is 5.92 Å². The third-order valence-electron chi connectivity index (χ3n) is 12.1. The molecule has 6 rings (SSSR count). The number of carbonyl (C=O) groups excluding carboxylic acids is 3. The molecule has 17 atom stereocenters. The predicted octanol–water partition coefficient (Wildman–Crippen LogP) is -2.28. The minimum Gasteiger partial charge on any atom is -0.504 e. The van der Waals surface area contributed by atoms with Crippen LogP contribution < -0.4 is 0 Å². The van der Waals surface area contributed by atoms with E-state index in [9.17, 15) is 75.7 Å². The molecular weight excluding hydrogens is 952 g/mol. The van der Waals surface area contributed by atoms with Crippen molar-refractivity contribution in [1.82, 2.24) is 0 Å². The van der Waals surface area contributed by atoms with Gasteiger partial charge < -0.3 is 109 Å². The van der Waals surface area contributed by atoms with Crippen molar-refractivity contribution < 1.29 is 123 Å². The molecule has 12 N–H and O–H groups in total. The van der Waals surface area contributed by atoms with E-state index >= 15 is 0 Å². The van der Waals surface area contributed by atoms with Gasteiger partial charge in [-0.05, 0) is 61.7 Å². The van der Waals surface area contributed by atoms with E-state index in [4.69, 9.17) is 47.4 Å². The van der Waals surface area contributed by atoms with Gasteiger partial charge in [-0.2, -0.15) is 0 Å². The third-order valence-corrected chi connectivity index (χ3v) is 12.1. The molecule has 0 spiro atoms. The Bertz CT molecular complexity index is 2250. The van der Waals surface area contributed by atoms with E-state index in [0.717, 1.165) is 31.6 Å². The number of allylic oxidation sites excluding steroid dienone is 1. The minimum atomic E-state index is -1.95. The number of aliphatic hydroxyl groups is 8. The largest absolute Gasteiger partial charge is 0.504 e. The average molecular weight is 1010 g/mol. The lowest BCUT2D eigenvalue weighted by Crippen LogP contribution is -2.65. The van der Waals surface area contributed by atoms with Gasteiger partial charge in [-0.15, -0.1) is 0 Å². The van der Waals surface area contributed by atoms with Crippen LogP contribution in [0.1, 0.15) is 31.4 Å². The molecule has 0 bridgehead atoms. The second-order valence-electron chi connectivity index (χ2n) is 16.8. The van der Waals surface area contributed by atoms with E-state index in [1.165, 1.54) is 50.3 Å². The zero-order valence-corrected chi connectivity index (χ0v) is 38.3. The minimum absolute atomic E-state index is 0.0587. The Morgan fingerprint density at radius 2 is 1.37 bits per heavy atom. The van der Waals surface area contributed by atoms with Crippen molar-refractivity contribution in [3.05, 3.63) is 77.1 Å². The molecule has 2 aromatic carbocycles. The van der Waals surface area contributed by atoms with Crippen LogP contribution in [0.3, 0.4) is 0 Å². The van der Waals surface area contributed by atoms with Gasteiger partial charge in [-0.25, -0.2) is 9.59 Å². The number of aliphatic hydroxyl groups excluding tert-OH is 8. The second kappa shape index (κ2) is 24.3. The zero-order valence-electron chi connectivity index (χ0n) is 38.3. The van der Waals surface area contributed by atoms with E-state index in [2.05, 4.69) is 0 Å². The highest BCUT2D eigenvalue weighted by Crippen LogP contribution is 2.38. The van der Waals surface area contributed by atoms with E-state index in [0.29, 0.717) is 5.56 Å². The number of rotatable bonds is 17. The number of ether oxygens (including phenoxy) is 10. The molecule has 0 aromatic heterocycles. The van der Waals surface area contributed by atoms with Gasteiger partial charge in [0, 0.05) is 17.6 Å². The molecule has 0 radical (unpaired) electrons. The van der Waals surface area contributed by atoms with E-state index in [1.54, 1.807) is 0 Å². The monoisotopic (exact) mass is 1010 g/mol. The molecular formula is C46H58O25. The fraction of sp³-hybridized carbons (Fsp3) is 0.543. The Morgan fingerprint density at radius 1 is 0.718 bits per heavy atom. The summed E-state index contributed by atoms with van der Waals surface area (Å²) in [5, 5.41) is 124. The summed E-state index contributed by atoms with van der Waals surface area (Å²) in [6, 6.07) is 7.63. The number of aromatic hydroxyl groups is 4. The number of esters is 3. The number of benzene rings is 2. The summed E-state index contributed by atoms with van der Waals surface area (Å²) in [4.78, 5) is 40.6. The molecule has 0 aliphatic carbocycles. The third kappa shape index (κ3) is 13.0. The van der Waals surface area contributed by atoms with Gasteiger partial charge in [-0.1, -0.05) is 18.2 Å². The normalized spacial score (nSPS) is 34.8. The number of carbonyl (C=O) groups is 3. The maximum atomic E-state index is 14.0. The fourth-order valence-corrected chi connectivity index (χ4v) is 8.07. The summed E-state index contributed by atoms with van der Waals surface area (Å²) < 4.78 is 57.0. The first-order valence-electron chi connectivity index (χ1n) is 22.2. The molecule has 4 aliphatic heterocycles. The fourth-order valence-electron chi connectivity index (χ4n) is 8.07. The van der Waals surface area contributed by atoms with E-state index in [1.807, 2.05) is 0 Å². The Kier molecular flexibility index (Phi) is 18.8. The maximum absolute atomic E-state index is 14.0. The van der Waals surface area contributed by atoms with Gasteiger partial charge in [0.05, 0.1) is 44.7 Å². The summed E-state index contributed by atoms with van der Waals surface area (Å²) >= 11 is 0. The highest BCUT2D eigenvalue weighted by Gasteiger charge is 2.53. The lowest BCUT2D eigenvalue weighted by atomic mass is 9.86. The Labute approximate surface area is 404 Å². The number of hydrogen-bond donors (Lipinski definition) is 12. The number of methoxy groups -OCH3 is 1. The maximum Gasteiger partial charge on any atom is 0.337 e. The van der Waals surface area contributed by atoms with Crippen molar-refractivity contribution in [2.45, 2.75) is 125 Å². The molecule has 25 nitrogen and oxygen atoms in total. The smallest absolute Gasteiger partial charge is 0.337 e. The van der Waals surface area contributed by atoms with Crippen LogP contribution in [0.2, 0.25) is 0 Å². The standard InChI is InChI=1S/C46H58O25/c1-4-22-23(24(42(61)62-3)17-65-43(22)71-46-38(59)36(57)34(55)29(16-47)67-46)15-32(53)64-18-30-40(69-31(52)10-7-20-5-8-25(48)27(50)13-20)41(70-45-37(58)35(56)33(54)19(2)66-45)39(60)44(68-30)63-12-11-21-6-9-26(49)28(51)14-21/h4-10,13-14,17,19,23,29-30,33-41,43-51,54-60H,11-12,15-16,18H2,1-3H3. The quantitative estimate of drug-likeness (QED) is 0.0261. The molecule has 25 heteroatoms. The van der Waals surface area contributed by atoms with Crippen molar-refractivity contribution in [2.75, 3.05) is 26.9 Å². The first-order valence-corrected chi connectivity index (χ1v) is 22.2. The number of hydrogen-bond acceptors (Lipinski definition) is 25. The van der Waals surface area contributed by atoms with Gasteiger partial charge in [0.1, 0.15) is 67.6 Å². The summed E-state index contributed by atoms with van der Waals surface area (Å²) in [5.74, 6) is -6.12. The van der Waals surface area contributed by atoms with Crippen LogP contribution in [0.15, 0.2) is 66.0 Å². The van der Waals surface area contributed by atoms with E-state index in [-0.39, 0.29) is 35.5 Å². The van der Waals surface area contributed by atoms with Crippen LogP contribution >= 0.6 is 0 Å². The van der Waals surface area contributed by atoms with Crippen LogP contribution in [-0.2, 0) is 68.2 Å². The van der Waals surface area contributed by atoms with Crippen LogP contribution in [0.25, 0.3) is 6.08 Å². The first-order chi connectivity index (χ1) is 33.8. The molecule has 17 unspecified atom stereocenters. The first kappa shape index (κ1) is 54.8. The van der Waals surface area contributed by atoms with Gasteiger partial charge >= 0.3 is 17.9 Å². The van der Waals surface area contributed by atoms with Gasteiger partial charge in [0.2, 0.25) is 6.29 Å². The highest BCUT2D eigenvalue weighted by molar-refractivity contribution is 5.91. The van der Waals surface area contributed by atoms with Gasteiger partial charge in [0.15, 0.2) is 48.0 Å². The van der Waals surface area contributed by atoms with Crippen molar-refractivity contribution in [2.24, 2.45) is 5.92 Å². The highest BCUT2D eigenvalue weighted by atomic mass is 16.8. The molecule has 3 fully saturated rings. The van der Waals surface area contributed by atoms with Crippen molar-refractivity contribution >= 4 is 24.0 Å². The summed E-state index contributed by atoms with van der Waals surface area (Å²) in [6.07, 6.45) is -23.3. The molecule has 3 saturated heterocycles. The topological polar surface area (TPSA) is 386 Å². The molecule has 392 valence electrons.